The van der Waals surface area contributed by atoms with Crippen molar-refractivity contribution in [3.05, 3.63) is 18.6 Å². The SMILES string of the molecule is CCN1CCN(C[C@@H]2CN(c3ncnc4[nH]ccc34)C[C@@H]2CO)CC1. The summed E-state index contributed by atoms with van der Waals surface area (Å²) >= 11 is 0. The number of likely N-dealkylation sites (N-methyl/N-ethyl adjacent to an activating group) is 1. The van der Waals surface area contributed by atoms with Crippen molar-refractivity contribution >= 4 is 16.9 Å². The zero-order valence-electron chi connectivity index (χ0n) is 14.9. The van der Waals surface area contributed by atoms with E-state index in [4.69, 9.17) is 0 Å². The van der Waals surface area contributed by atoms with Gasteiger partial charge in [-0.3, -0.25) is 0 Å². The highest BCUT2D eigenvalue weighted by atomic mass is 16.3. The van der Waals surface area contributed by atoms with Gasteiger partial charge in [-0.1, -0.05) is 6.92 Å². The first-order chi connectivity index (χ1) is 12.3. The average Bonchev–Trinajstić information content (AvgIpc) is 3.28. The average molecular weight is 344 g/mol. The first-order valence-electron chi connectivity index (χ1n) is 9.37. The zero-order chi connectivity index (χ0) is 17.2. The van der Waals surface area contributed by atoms with E-state index in [0.717, 1.165) is 69.2 Å². The third-order valence-corrected chi connectivity index (χ3v) is 5.85. The minimum Gasteiger partial charge on any atom is -0.396 e. The van der Waals surface area contributed by atoms with Crippen molar-refractivity contribution in [2.45, 2.75) is 6.92 Å². The molecule has 4 heterocycles. The van der Waals surface area contributed by atoms with Crippen molar-refractivity contribution in [2.75, 3.05) is 63.9 Å². The van der Waals surface area contributed by atoms with Gasteiger partial charge in [0.2, 0.25) is 0 Å². The van der Waals surface area contributed by atoms with Crippen molar-refractivity contribution in [3.8, 4) is 0 Å². The van der Waals surface area contributed by atoms with Crippen LogP contribution in [-0.4, -0.2) is 88.8 Å². The van der Waals surface area contributed by atoms with Gasteiger partial charge in [-0.25, -0.2) is 9.97 Å². The number of aliphatic hydroxyl groups is 1. The summed E-state index contributed by atoms with van der Waals surface area (Å²) in [4.78, 5) is 19.4. The van der Waals surface area contributed by atoms with Gasteiger partial charge in [-0.2, -0.15) is 0 Å². The normalized spacial score (nSPS) is 25.9. The van der Waals surface area contributed by atoms with Gasteiger partial charge >= 0.3 is 0 Å². The maximum Gasteiger partial charge on any atom is 0.142 e. The first kappa shape index (κ1) is 16.8. The summed E-state index contributed by atoms with van der Waals surface area (Å²) in [7, 11) is 0. The fourth-order valence-corrected chi connectivity index (χ4v) is 4.26. The van der Waals surface area contributed by atoms with Crippen LogP contribution >= 0.6 is 0 Å². The van der Waals surface area contributed by atoms with Crippen LogP contribution < -0.4 is 4.90 Å². The Labute approximate surface area is 148 Å². The van der Waals surface area contributed by atoms with Crippen LogP contribution in [0, 0.1) is 11.8 Å². The molecule has 0 spiro atoms. The van der Waals surface area contributed by atoms with Crippen LogP contribution in [0.4, 0.5) is 5.82 Å². The van der Waals surface area contributed by atoms with Gasteiger partial charge in [0.1, 0.15) is 17.8 Å². The van der Waals surface area contributed by atoms with Crippen molar-refractivity contribution in [1.82, 2.24) is 24.8 Å². The molecule has 2 aliphatic rings. The first-order valence-corrected chi connectivity index (χ1v) is 9.37. The maximum atomic E-state index is 9.89. The van der Waals surface area contributed by atoms with Crippen molar-refractivity contribution in [3.63, 3.8) is 0 Å². The smallest absolute Gasteiger partial charge is 0.142 e. The Kier molecular flexibility index (Phi) is 4.87. The molecule has 0 aromatic carbocycles. The number of aromatic nitrogens is 3. The standard InChI is InChI=1S/C18H28N6O/c1-2-22-5-7-23(8-6-22)9-14-10-24(11-15(14)12-25)18-16-3-4-19-17(16)20-13-21-18/h3-4,13-15,25H,2,5-12H2,1H3,(H,19,20,21)/t14-,15-/m1/s1. The quantitative estimate of drug-likeness (QED) is 0.829. The van der Waals surface area contributed by atoms with Crippen LogP contribution in [0.1, 0.15) is 6.92 Å². The molecule has 0 unspecified atom stereocenters. The number of hydrogen-bond acceptors (Lipinski definition) is 6. The third-order valence-electron chi connectivity index (χ3n) is 5.85. The number of fused-ring (bicyclic) bond motifs is 1. The minimum absolute atomic E-state index is 0.247. The molecule has 7 heteroatoms. The molecule has 2 fully saturated rings. The number of aromatic amines is 1. The molecule has 0 radical (unpaired) electrons. The molecule has 25 heavy (non-hydrogen) atoms. The molecule has 7 nitrogen and oxygen atoms in total. The molecule has 2 aromatic rings. The van der Waals surface area contributed by atoms with Crippen LogP contribution in [0.5, 0.6) is 0 Å². The van der Waals surface area contributed by atoms with Crippen molar-refractivity contribution < 1.29 is 5.11 Å². The van der Waals surface area contributed by atoms with Crippen LogP contribution in [0.15, 0.2) is 18.6 Å². The van der Waals surface area contributed by atoms with Crippen LogP contribution in [0.2, 0.25) is 0 Å². The van der Waals surface area contributed by atoms with Gasteiger partial charge in [-0.15, -0.1) is 0 Å². The van der Waals surface area contributed by atoms with E-state index in [0.29, 0.717) is 11.8 Å². The molecule has 0 saturated carbocycles. The Morgan fingerprint density at radius 1 is 1.12 bits per heavy atom. The summed E-state index contributed by atoms with van der Waals surface area (Å²) < 4.78 is 0. The number of hydrogen-bond donors (Lipinski definition) is 2. The summed E-state index contributed by atoms with van der Waals surface area (Å²) in [6.07, 6.45) is 3.53. The summed E-state index contributed by atoms with van der Waals surface area (Å²) in [6.45, 7) is 11.1. The van der Waals surface area contributed by atoms with E-state index in [1.165, 1.54) is 0 Å². The molecule has 0 aliphatic carbocycles. The third kappa shape index (κ3) is 3.36. The van der Waals surface area contributed by atoms with Crippen LogP contribution in [-0.2, 0) is 0 Å². The lowest BCUT2D eigenvalue weighted by atomic mass is 9.96. The molecule has 0 bridgehead atoms. The summed E-state index contributed by atoms with van der Waals surface area (Å²) in [5.74, 6) is 1.79. The predicted molar refractivity (Wildman–Crippen MR) is 98.7 cm³/mol. The second-order valence-corrected chi connectivity index (χ2v) is 7.28. The number of nitrogens with zero attached hydrogens (tertiary/aromatic N) is 5. The van der Waals surface area contributed by atoms with E-state index in [-0.39, 0.29) is 6.61 Å². The van der Waals surface area contributed by atoms with Crippen LogP contribution in [0.25, 0.3) is 11.0 Å². The molecule has 2 N–H and O–H groups in total. The molecule has 0 amide bonds. The lowest BCUT2D eigenvalue weighted by Gasteiger charge is -2.36. The number of anilines is 1. The Bertz CT molecular complexity index is 696. The highest BCUT2D eigenvalue weighted by Gasteiger charge is 2.35. The van der Waals surface area contributed by atoms with Gasteiger partial charge < -0.3 is 24.8 Å². The molecular formula is C18H28N6O. The van der Waals surface area contributed by atoms with E-state index >= 15 is 0 Å². The van der Waals surface area contributed by atoms with E-state index in [2.05, 4.69) is 36.6 Å². The van der Waals surface area contributed by atoms with E-state index < -0.39 is 0 Å². The van der Waals surface area contributed by atoms with Gasteiger partial charge in [0.05, 0.1) is 5.39 Å². The minimum atomic E-state index is 0.247. The van der Waals surface area contributed by atoms with E-state index in [1.54, 1.807) is 6.33 Å². The second kappa shape index (κ2) is 7.27. The van der Waals surface area contributed by atoms with Gasteiger partial charge in [-0.05, 0) is 18.5 Å². The number of H-pyrrole nitrogens is 1. The second-order valence-electron chi connectivity index (χ2n) is 7.28. The summed E-state index contributed by atoms with van der Waals surface area (Å²) in [5, 5.41) is 11.0. The summed E-state index contributed by atoms with van der Waals surface area (Å²) in [6, 6.07) is 2.04. The number of aliphatic hydroxyl groups excluding tert-OH is 1. The predicted octanol–water partition coefficient (Wildman–Crippen LogP) is 0.640. The highest BCUT2D eigenvalue weighted by Crippen LogP contribution is 2.31. The molecule has 2 aliphatic heterocycles. The fraction of sp³-hybridized carbons (Fsp3) is 0.667. The number of nitrogens with one attached hydrogen (secondary N) is 1. The van der Waals surface area contributed by atoms with Crippen molar-refractivity contribution in [2.24, 2.45) is 11.8 Å². The van der Waals surface area contributed by atoms with Gasteiger partial charge in [0, 0.05) is 64.5 Å². The Morgan fingerprint density at radius 3 is 2.64 bits per heavy atom. The summed E-state index contributed by atoms with van der Waals surface area (Å²) in [5.41, 5.74) is 0.879. The van der Waals surface area contributed by atoms with E-state index in [1.807, 2.05) is 12.3 Å². The van der Waals surface area contributed by atoms with Crippen LogP contribution in [0.3, 0.4) is 0 Å². The molecule has 2 aromatic heterocycles. The van der Waals surface area contributed by atoms with E-state index in [9.17, 15) is 5.11 Å². The molecule has 2 atom stereocenters. The maximum absolute atomic E-state index is 9.89. The lowest BCUT2D eigenvalue weighted by molar-refractivity contribution is 0.106. The molecule has 2 saturated heterocycles. The molecule has 136 valence electrons. The highest BCUT2D eigenvalue weighted by molar-refractivity contribution is 5.87. The molecule has 4 rings (SSSR count). The Hall–Kier alpha value is -1.70. The number of piperazine rings is 1. The fourth-order valence-electron chi connectivity index (χ4n) is 4.26. The number of rotatable bonds is 5. The van der Waals surface area contributed by atoms with Gasteiger partial charge in [0.15, 0.2) is 0 Å². The Morgan fingerprint density at radius 2 is 1.88 bits per heavy atom. The zero-order valence-corrected chi connectivity index (χ0v) is 14.9. The largest absolute Gasteiger partial charge is 0.396 e. The molecular weight excluding hydrogens is 316 g/mol. The van der Waals surface area contributed by atoms with Gasteiger partial charge in [0.25, 0.3) is 0 Å². The monoisotopic (exact) mass is 344 g/mol. The topological polar surface area (TPSA) is 71.5 Å². The van der Waals surface area contributed by atoms with Crippen molar-refractivity contribution in [1.29, 1.82) is 0 Å². The lowest BCUT2D eigenvalue weighted by Crippen LogP contribution is -2.48. The Balaban J connectivity index is 1.45.